The first-order chi connectivity index (χ1) is 14.5. The lowest BCUT2D eigenvalue weighted by molar-refractivity contribution is 0.102. The van der Waals surface area contributed by atoms with Crippen LogP contribution in [0.5, 0.6) is 11.5 Å². The lowest BCUT2D eigenvalue weighted by Crippen LogP contribution is -2.29. The van der Waals surface area contributed by atoms with E-state index in [1.54, 1.807) is 48.5 Å². The molecule has 1 amide bonds. The van der Waals surface area contributed by atoms with Crippen LogP contribution in [-0.4, -0.2) is 27.7 Å². The Balaban J connectivity index is 1.96. The van der Waals surface area contributed by atoms with E-state index in [0.717, 1.165) is 5.56 Å². The Morgan fingerprint density at radius 2 is 1.90 bits per heavy atom. The van der Waals surface area contributed by atoms with Gasteiger partial charge in [0.05, 0.1) is 18.2 Å². The first-order valence-corrected chi connectivity index (χ1v) is 9.25. The molecule has 0 aliphatic carbocycles. The van der Waals surface area contributed by atoms with Crippen LogP contribution in [0.25, 0.3) is 16.7 Å². The molecule has 0 fully saturated rings. The lowest BCUT2D eigenvalue weighted by Gasteiger charge is -2.15. The van der Waals surface area contributed by atoms with Gasteiger partial charge >= 0.3 is 0 Å². The topological polar surface area (TPSA) is 93.5 Å². The predicted octanol–water partition coefficient (Wildman–Crippen LogP) is 3.66. The van der Waals surface area contributed by atoms with Crippen molar-refractivity contribution in [3.63, 3.8) is 0 Å². The highest BCUT2D eigenvalue weighted by atomic mass is 16.5. The highest BCUT2D eigenvalue weighted by Crippen LogP contribution is 2.28. The summed E-state index contributed by atoms with van der Waals surface area (Å²) in [5.74, 6) is -0.565. The predicted molar refractivity (Wildman–Crippen MR) is 115 cm³/mol. The molecule has 0 aliphatic heterocycles. The Labute approximate surface area is 172 Å². The van der Waals surface area contributed by atoms with E-state index in [-0.39, 0.29) is 16.6 Å². The van der Waals surface area contributed by atoms with Crippen molar-refractivity contribution < 1.29 is 14.6 Å². The number of nitrogens with zero attached hydrogens (tertiary/aromatic N) is 2. The van der Waals surface area contributed by atoms with Gasteiger partial charge in [0.2, 0.25) is 0 Å². The number of carbonyl (C=O) groups excluding carboxylic acids is 1. The SMILES string of the molecule is COc1cccc(-n2c(=O)c(C(=O)Nc3ccccc3C)c(O)c3cccnc32)c1. The van der Waals surface area contributed by atoms with E-state index < -0.39 is 17.2 Å². The van der Waals surface area contributed by atoms with Gasteiger partial charge in [0.25, 0.3) is 11.5 Å². The molecule has 0 atom stereocenters. The molecular weight excluding hydrogens is 382 g/mol. The summed E-state index contributed by atoms with van der Waals surface area (Å²) in [5, 5.41) is 13.8. The van der Waals surface area contributed by atoms with Crippen LogP contribution >= 0.6 is 0 Å². The van der Waals surface area contributed by atoms with Crippen molar-refractivity contribution in [1.82, 2.24) is 9.55 Å². The molecule has 7 nitrogen and oxygen atoms in total. The number of carbonyl (C=O) groups is 1. The molecule has 0 bridgehead atoms. The minimum absolute atomic E-state index is 0.237. The quantitative estimate of drug-likeness (QED) is 0.544. The molecule has 0 aliphatic rings. The van der Waals surface area contributed by atoms with Crippen molar-refractivity contribution in [1.29, 1.82) is 0 Å². The number of anilines is 1. The standard InChI is InChI=1S/C23H19N3O4/c1-14-7-3-4-11-18(14)25-22(28)19-20(27)17-10-6-12-24-21(17)26(23(19)29)15-8-5-9-16(13-15)30-2/h3-13,27H,1-2H3,(H,25,28). The number of aromatic nitrogens is 2. The van der Waals surface area contributed by atoms with E-state index in [0.29, 0.717) is 17.1 Å². The van der Waals surface area contributed by atoms with Gasteiger partial charge in [0.1, 0.15) is 17.1 Å². The van der Waals surface area contributed by atoms with Crippen LogP contribution in [0.4, 0.5) is 5.69 Å². The van der Waals surface area contributed by atoms with Gasteiger partial charge in [-0.2, -0.15) is 0 Å². The van der Waals surface area contributed by atoms with Gasteiger partial charge in [-0.05, 0) is 42.8 Å². The molecule has 2 N–H and O–H groups in total. The van der Waals surface area contributed by atoms with E-state index in [2.05, 4.69) is 10.3 Å². The highest BCUT2D eigenvalue weighted by molar-refractivity contribution is 6.09. The number of pyridine rings is 2. The number of aryl methyl sites for hydroxylation is 1. The van der Waals surface area contributed by atoms with Crippen LogP contribution in [0, 0.1) is 6.92 Å². The maximum absolute atomic E-state index is 13.4. The van der Waals surface area contributed by atoms with Gasteiger partial charge in [-0.1, -0.05) is 24.3 Å². The van der Waals surface area contributed by atoms with Crippen LogP contribution < -0.4 is 15.6 Å². The molecule has 4 rings (SSSR count). The van der Waals surface area contributed by atoms with Gasteiger partial charge in [0.15, 0.2) is 5.65 Å². The highest BCUT2D eigenvalue weighted by Gasteiger charge is 2.24. The largest absolute Gasteiger partial charge is 0.506 e. The van der Waals surface area contributed by atoms with Gasteiger partial charge in [-0.25, -0.2) is 4.98 Å². The number of para-hydroxylation sites is 1. The van der Waals surface area contributed by atoms with Gasteiger partial charge in [0, 0.05) is 18.0 Å². The third kappa shape index (κ3) is 3.26. The summed E-state index contributed by atoms with van der Waals surface area (Å²) in [7, 11) is 1.52. The van der Waals surface area contributed by atoms with Gasteiger partial charge < -0.3 is 15.2 Å². The third-order valence-electron chi connectivity index (χ3n) is 4.84. The van der Waals surface area contributed by atoms with Crippen LogP contribution in [-0.2, 0) is 0 Å². The second-order valence-corrected chi connectivity index (χ2v) is 6.71. The Kier molecular flexibility index (Phi) is 4.93. The lowest BCUT2D eigenvalue weighted by atomic mass is 10.1. The summed E-state index contributed by atoms with van der Waals surface area (Å²) in [5.41, 5.74) is 1.05. The zero-order valence-corrected chi connectivity index (χ0v) is 16.4. The first-order valence-electron chi connectivity index (χ1n) is 9.25. The molecule has 0 spiro atoms. The number of hydrogen-bond acceptors (Lipinski definition) is 5. The molecule has 2 aromatic carbocycles. The summed E-state index contributed by atoms with van der Waals surface area (Å²) in [6.07, 6.45) is 1.52. The minimum Gasteiger partial charge on any atom is -0.506 e. The number of methoxy groups -OCH3 is 1. The van der Waals surface area contributed by atoms with E-state index in [1.165, 1.54) is 17.9 Å². The maximum atomic E-state index is 13.4. The van der Waals surface area contributed by atoms with Crippen molar-refractivity contribution in [2.24, 2.45) is 0 Å². The van der Waals surface area contributed by atoms with Gasteiger partial charge in [-0.3, -0.25) is 14.2 Å². The number of aromatic hydroxyl groups is 1. The molecule has 0 saturated carbocycles. The fourth-order valence-electron chi connectivity index (χ4n) is 3.30. The smallest absolute Gasteiger partial charge is 0.273 e. The number of rotatable bonds is 4. The number of nitrogens with one attached hydrogen (secondary N) is 1. The van der Waals surface area contributed by atoms with Crippen molar-refractivity contribution in [3.05, 3.63) is 88.3 Å². The van der Waals surface area contributed by atoms with Crippen molar-refractivity contribution in [3.8, 4) is 17.2 Å². The summed E-state index contributed by atoms with van der Waals surface area (Å²) in [6.45, 7) is 1.84. The average molecular weight is 401 g/mol. The number of benzene rings is 2. The normalized spacial score (nSPS) is 10.7. The van der Waals surface area contributed by atoms with E-state index in [4.69, 9.17) is 4.74 Å². The second-order valence-electron chi connectivity index (χ2n) is 6.71. The van der Waals surface area contributed by atoms with E-state index in [9.17, 15) is 14.7 Å². The molecule has 0 radical (unpaired) electrons. The maximum Gasteiger partial charge on any atom is 0.273 e. The summed E-state index contributed by atoms with van der Waals surface area (Å²) < 4.78 is 6.55. The molecule has 0 unspecified atom stereocenters. The number of amides is 1. The third-order valence-corrected chi connectivity index (χ3v) is 4.84. The van der Waals surface area contributed by atoms with E-state index in [1.807, 2.05) is 19.1 Å². The Bertz CT molecular complexity index is 1330. The molecule has 30 heavy (non-hydrogen) atoms. The van der Waals surface area contributed by atoms with Crippen LogP contribution in [0.1, 0.15) is 15.9 Å². The van der Waals surface area contributed by atoms with Crippen LogP contribution in [0.15, 0.2) is 71.7 Å². The first kappa shape index (κ1) is 19.2. The fraction of sp³-hybridized carbons (Fsp3) is 0.0870. The molecular formula is C23H19N3O4. The molecule has 150 valence electrons. The zero-order valence-electron chi connectivity index (χ0n) is 16.4. The minimum atomic E-state index is -0.700. The van der Waals surface area contributed by atoms with E-state index >= 15 is 0 Å². The number of ether oxygens (including phenoxy) is 1. The average Bonchev–Trinajstić information content (AvgIpc) is 2.76. The molecule has 4 aromatic rings. The Morgan fingerprint density at radius 1 is 1.10 bits per heavy atom. The van der Waals surface area contributed by atoms with Crippen LogP contribution in [0.3, 0.4) is 0 Å². The fourth-order valence-corrected chi connectivity index (χ4v) is 3.30. The van der Waals surface area contributed by atoms with Crippen molar-refractivity contribution >= 4 is 22.6 Å². The summed E-state index contributed by atoms with van der Waals surface area (Å²) >= 11 is 0. The van der Waals surface area contributed by atoms with Crippen molar-refractivity contribution in [2.75, 3.05) is 12.4 Å². The molecule has 7 heteroatoms. The van der Waals surface area contributed by atoms with Crippen molar-refractivity contribution in [2.45, 2.75) is 6.92 Å². The molecule has 2 heterocycles. The second kappa shape index (κ2) is 7.71. The zero-order chi connectivity index (χ0) is 21.3. The monoisotopic (exact) mass is 401 g/mol. The summed E-state index contributed by atoms with van der Waals surface area (Å²) in [6, 6.07) is 17.3. The Hall–Kier alpha value is -4.13. The van der Waals surface area contributed by atoms with Crippen LogP contribution in [0.2, 0.25) is 0 Å². The van der Waals surface area contributed by atoms with Gasteiger partial charge in [-0.15, -0.1) is 0 Å². The molecule has 2 aromatic heterocycles. The molecule has 0 saturated heterocycles. The summed E-state index contributed by atoms with van der Waals surface area (Å²) in [4.78, 5) is 30.7. The Morgan fingerprint density at radius 3 is 2.67 bits per heavy atom. The number of fused-ring (bicyclic) bond motifs is 1. The number of hydrogen-bond donors (Lipinski definition) is 2.